The Morgan fingerprint density at radius 3 is 2.61 bits per heavy atom. The van der Waals surface area contributed by atoms with Gasteiger partial charge >= 0.3 is 0 Å². The van der Waals surface area contributed by atoms with Gasteiger partial charge < -0.3 is 20.7 Å². The zero-order valence-electron chi connectivity index (χ0n) is 13.6. The minimum absolute atomic E-state index is 0.0386. The zero-order valence-corrected chi connectivity index (χ0v) is 13.6. The molecule has 0 aliphatic rings. The predicted octanol–water partition coefficient (Wildman–Crippen LogP) is 3.13. The average Bonchev–Trinajstić information content (AvgIpc) is 2.57. The molecule has 0 aliphatic carbocycles. The van der Waals surface area contributed by atoms with Gasteiger partial charge in [0.1, 0.15) is 5.75 Å². The summed E-state index contributed by atoms with van der Waals surface area (Å²) in [4.78, 5) is 14.2. The van der Waals surface area contributed by atoms with Crippen molar-refractivity contribution < 1.29 is 9.53 Å². The smallest absolute Gasteiger partial charge is 0.224 e. The van der Waals surface area contributed by atoms with Crippen molar-refractivity contribution in [2.75, 3.05) is 36.7 Å². The summed E-state index contributed by atoms with van der Waals surface area (Å²) in [5.41, 5.74) is 8.16. The van der Waals surface area contributed by atoms with Gasteiger partial charge in [-0.05, 0) is 30.7 Å². The first-order valence-electron chi connectivity index (χ1n) is 7.59. The molecule has 0 unspecified atom stereocenters. The number of carbonyl (C=O) groups excluding carboxylic acids is 1. The number of ether oxygens (including phenoxy) is 1. The van der Waals surface area contributed by atoms with E-state index in [1.807, 2.05) is 25.2 Å². The highest BCUT2D eigenvalue weighted by Gasteiger charge is 2.07. The molecule has 5 heteroatoms. The highest BCUT2D eigenvalue weighted by molar-refractivity contribution is 5.94. The standard InChI is InChI=1S/C18H23N3O2/c1-21(14-7-4-3-5-8-14)12-6-9-18(22)20-17-11-10-15(23-2)13-16(17)19/h3-5,7-8,10-11,13H,6,9,12,19H2,1-2H3,(H,20,22). The Morgan fingerprint density at radius 2 is 1.96 bits per heavy atom. The van der Waals surface area contributed by atoms with Crippen LogP contribution in [0, 0.1) is 0 Å². The van der Waals surface area contributed by atoms with E-state index in [2.05, 4.69) is 22.3 Å². The van der Waals surface area contributed by atoms with Crippen LogP contribution in [0.5, 0.6) is 5.75 Å². The molecule has 0 aliphatic heterocycles. The fraction of sp³-hybridized carbons (Fsp3) is 0.278. The Hall–Kier alpha value is -2.69. The van der Waals surface area contributed by atoms with Crippen LogP contribution in [0.25, 0.3) is 0 Å². The van der Waals surface area contributed by atoms with Gasteiger partial charge in [-0.25, -0.2) is 0 Å². The summed E-state index contributed by atoms with van der Waals surface area (Å²) in [5, 5.41) is 2.84. The maximum atomic E-state index is 12.0. The van der Waals surface area contributed by atoms with Crippen molar-refractivity contribution in [1.29, 1.82) is 0 Å². The van der Waals surface area contributed by atoms with Gasteiger partial charge in [-0.2, -0.15) is 0 Å². The largest absolute Gasteiger partial charge is 0.497 e. The molecule has 0 bridgehead atoms. The lowest BCUT2D eigenvalue weighted by molar-refractivity contribution is -0.116. The number of hydrogen-bond donors (Lipinski definition) is 2. The number of carbonyl (C=O) groups is 1. The molecule has 0 radical (unpaired) electrons. The summed E-state index contributed by atoms with van der Waals surface area (Å²) in [6, 6.07) is 15.3. The molecule has 0 fully saturated rings. The number of benzene rings is 2. The number of hydrogen-bond acceptors (Lipinski definition) is 4. The average molecular weight is 313 g/mol. The second kappa shape index (κ2) is 8.08. The minimum atomic E-state index is -0.0386. The molecule has 0 saturated carbocycles. The fourth-order valence-electron chi connectivity index (χ4n) is 2.28. The lowest BCUT2D eigenvalue weighted by atomic mass is 10.2. The fourth-order valence-corrected chi connectivity index (χ4v) is 2.28. The van der Waals surface area contributed by atoms with E-state index >= 15 is 0 Å². The molecule has 2 aromatic carbocycles. The third-order valence-electron chi connectivity index (χ3n) is 3.63. The summed E-state index contributed by atoms with van der Waals surface area (Å²) in [6.07, 6.45) is 1.22. The van der Waals surface area contributed by atoms with Gasteiger partial charge in [-0.1, -0.05) is 18.2 Å². The highest BCUT2D eigenvalue weighted by atomic mass is 16.5. The summed E-state index contributed by atoms with van der Waals surface area (Å²) in [5.74, 6) is 0.633. The summed E-state index contributed by atoms with van der Waals surface area (Å²) in [7, 11) is 3.60. The van der Waals surface area contributed by atoms with Crippen molar-refractivity contribution in [3.05, 3.63) is 48.5 Å². The van der Waals surface area contributed by atoms with E-state index in [0.717, 1.165) is 18.7 Å². The van der Waals surface area contributed by atoms with E-state index in [1.54, 1.807) is 25.3 Å². The maximum Gasteiger partial charge on any atom is 0.224 e. The van der Waals surface area contributed by atoms with Crippen LogP contribution in [-0.2, 0) is 4.79 Å². The molecule has 1 amide bonds. The molecule has 0 aromatic heterocycles. The SMILES string of the molecule is COc1ccc(NC(=O)CCCN(C)c2ccccc2)c(N)c1. The Labute approximate surface area is 137 Å². The van der Waals surface area contributed by atoms with E-state index in [4.69, 9.17) is 10.5 Å². The first-order valence-corrected chi connectivity index (χ1v) is 7.59. The van der Waals surface area contributed by atoms with Crippen LogP contribution in [0.1, 0.15) is 12.8 Å². The van der Waals surface area contributed by atoms with Gasteiger partial charge in [0.05, 0.1) is 18.5 Å². The molecule has 122 valence electrons. The third-order valence-corrected chi connectivity index (χ3v) is 3.63. The number of para-hydroxylation sites is 1. The molecule has 0 heterocycles. The topological polar surface area (TPSA) is 67.6 Å². The lowest BCUT2D eigenvalue weighted by Gasteiger charge is -2.19. The van der Waals surface area contributed by atoms with Crippen molar-refractivity contribution in [2.45, 2.75) is 12.8 Å². The van der Waals surface area contributed by atoms with E-state index in [0.29, 0.717) is 23.5 Å². The van der Waals surface area contributed by atoms with Crippen molar-refractivity contribution >= 4 is 23.0 Å². The van der Waals surface area contributed by atoms with E-state index in [1.165, 1.54) is 0 Å². The number of nitrogens with one attached hydrogen (secondary N) is 1. The zero-order chi connectivity index (χ0) is 16.7. The molecular weight excluding hydrogens is 290 g/mol. The van der Waals surface area contributed by atoms with Crippen molar-refractivity contribution in [3.63, 3.8) is 0 Å². The first-order chi connectivity index (χ1) is 11.1. The molecule has 23 heavy (non-hydrogen) atoms. The van der Waals surface area contributed by atoms with E-state index < -0.39 is 0 Å². The lowest BCUT2D eigenvalue weighted by Crippen LogP contribution is -2.20. The molecule has 3 N–H and O–H groups in total. The Kier molecular flexibility index (Phi) is 5.86. The van der Waals surface area contributed by atoms with Crippen molar-refractivity contribution in [2.24, 2.45) is 0 Å². The molecular formula is C18H23N3O2. The first kappa shape index (κ1) is 16.7. The van der Waals surface area contributed by atoms with Crippen molar-refractivity contribution in [1.82, 2.24) is 0 Å². The Bertz CT molecular complexity index is 644. The Morgan fingerprint density at radius 1 is 1.22 bits per heavy atom. The van der Waals surface area contributed by atoms with Gasteiger partial charge in [-0.3, -0.25) is 4.79 Å². The molecule has 2 rings (SSSR count). The van der Waals surface area contributed by atoms with Crippen LogP contribution in [0.2, 0.25) is 0 Å². The number of anilines is 3. The molecule has 0 spiro atoms. The number of methoxy groups -OCH3 is 1. The Balaban J connectivity index is 1.79. The predicted molar refractivity (Wildman–Crippen MR) is 95.0 cm³/mol. The maximum absolute atomic E-state index is 12.0. The monoisotopic (exact) mass is 313 g/mol. The quantitative estimate of drug-likeness (QED) is 0.771. The van der Waals surface area contributed by atoms with Gasteiger partial charge in [-0.15, -0.1) is 0 Å². The number of rotatable bonds is 7. The van der Waals surface area contributed by atoms with Crippen LogP contribution in [-0.4, -0.2) is 26.6 Å². The summed E-state index contributed by atoms with van der Waals surface area (Å²) in [6.45, 7) is 0.815. The van der Waals surface area contributed by atoms with E-state index in [-0.39, 0.29) is 5.91 Å². The summed E-state index contributed by atoms with van der Waals surface area (Å²) < 4.78 is 5.09. The normalized spacial score (nSPS) is 10.2. The van der Waals surface area contributed by atoms with Crippen LogP contribution in [0.15, 0.2) is 48.5 Å². The third kappa shape index (κ3) is 4.92. The van der Waals surface area contributed by atoms with Crippen molar-refractivity contribution in [3.8, 4) is 5.75 Å². The summed E-state index contributed by atoms with van der Waals surface area (Å²) >= 11 is 0. The molecule has 2 aromatic rings. The number of amides is 1. The van der Waals surface area contributed by atoms with Crippen LogP contribution >= 0.6 is 0 Å². The molecule has 0 saturated heterocycles. The highest BCUT2D eigenvalue weighted by Crippen LogP contribution is 2.24. The van der Waals surface area contributed by atoms with E-state index in [9.17, 15) is 4.79 Å². The van der Waals surface area contributed by atoms with Gasteiger partial charge in [0, 0.05) is 31.8 Å². The second-order valence-corrected chi connectivity index (χ2v) is 5.36. The van der Waals surface area contributed by atoms with Gasteiger partial charge in [0.15, 0.2) is 0 Å². The number of nitrogens with zero attached hydrogens (tertiary/aromatic N) is 1. The van der Waals surface area contributed by atoms with Gasteiger partial charge in [0.2, 0.25) is 5.91 Å². The van der Waals surface area contributed by atoms with Gasteiger partial charge in [0.25, 0.3) is 0 Å². The van der Waals surface area contributed by atoms with Crippen LogP contribution < -0.4 is 20.7 Å². The molecule has 5 nitrogen and oxygen atoms in total. The molecule has 0 atom stereocenters. The number of nitrogen functional groups attached to an aromatic ring is 1. The van der Waals surface area contributed by atoms with Crippen LogP contribution in [0.4, 0.5) is 17.1 Å². The number of nitrogens with two attached hydrogens (primary N) is 1. The van der Waals surface area contributed by atoms with Crippen LogP contribution in [0.3, 0.4) is 0 Å². The second-order valence-electron chi connectivity index (χ2n) is 5.36. The minimum Gasteiger partial charge on any atom is -0.497 e.